The summed E-state index contributed by atoms with van der Waals surface area (Å²) in [6.07, 6.45) is 0.469. The molecule has 26 heavy (non-hydrogen) atoms. The number of carbonyl (C=O) groups excluding carboxylic acids is 1. The molecule has 0 saturated carbocycles. The number of para-hydroxylation sites is 2. The molecule has 1 aromatic heterocycles. The van der Waals surface area contributed by atoms with Crippen molar-refractivity contribution >= 4 is 16.9 Å². The maximum Gasteiger partial charge on any atom is 0.223 e. The van der Waals surface area contributed by atoms with Gasteiger partial charge < -0.3 is 9.47 Å². The van der Waals surface area contributed by atoms with E-state index in [0.717, 1.165) is 22.4 Å². The lowest BCUT2D eigenvalue weighted by molar-refractivity contribution is -0.128. The summed E-state index contributed by atoms with van der Waals surface area (Å²) in [5, 5.41) is 0. The first-order chi connectivity index (χ1) is 12.5. The van der Waals surface area contributed by atoms with Crippen LogP contribution < -0.4 is 0 Å². The molecular weight excluding hydrogens is 329 g/mol. The van der Waals surface area contributed by atoms with Crippen LogP contribution in [0.2, 0.25) is 0 Å². The van der Waals surface area contributed by atoms with Gasteiger partial charge >= 0.3 is 0 Å². The van der Waals surface area contributed by atoms with Crippen molar-refractivity contribution in [3.63, 3.8) is 0 Å². The smallest absolute Gasteiger partial charge is 0.223 e. The average molecular weight is 351 g/mol. The van der Waals surface area contributed by atoms with Crippen LogP contribution in [0, 0.1) is 5.82 Å². The number of halogens is 1. The van der Waals surface area contributed by atoms with Crippen LogP contribution in [-0.2, 0) is 11.3 Å². The Morgan fingerprint density at radius 1 is 1.15 bits per heavy atom. The Labute approximate surface area is 152 Å². The maximum atomic E-state index is 13.1. The van der Waals surface area contributed by atoms with Crippen molar-refractivity contribution in [3.05, 3.63) is 65.7 Å². The number of benzene rings is 2. The first kappa shape index (κ1) is 16.8. The first-order valence-electron chi connectivity index (χ1n) is 9.02. The number of carbonyl (C=O) groups is 1. The zero-order valence-electron chi connectivity index (χ0n) is 15.0. The average Bonchev–Trinajstić information content (AvgIpc) is 3.18. The molecule has 1 aliphatic rings. The summed E-state index contributed by atoms with van der Waals surface area (Å²) in [4.78, 5) is 19.2. The van der Waals surface area contributed by atoms with Gasteiger partial charge in [-0.05, 0) is 43.7 Å². The molecule has 0 N–H and O–H groups in total. The first-order valence-corrected chi connectivity index (χ1v) is 9.02. The topological polar surface area (TPSA) is 38.1 Å². The Hall–Kier alpha value is -2.69. The van der Waals surface area contributed by atoms with Gasteiger partial charge in [-0.3, -0.25) is 4.79 Å². The Bertz CT molecular complexity index is 946. The predicted molar refractivity (Wildman–Crippen MR) is 99.3 cm³/mol. The maximum absolute atomic E-state index is 13.1. The van der Waals surface area contributed by atoms with E-state index in [0.29, 0.717) is 19.5 Å². The summed E-state index contributed by atoms with van der Waals surface area (Å²) in [6, 6.07) is 14.7. The molecule has 4 nitrogen and oxygen atoms in total. The van der Waals surface area contributed by atoms with Crippen LogP contribution in [0.4, 0.5) is 4.39 Å². The zero-order valence-corrected chi connectivity index (χ0v) is 15.0. The summed E-state index contributed by atoms with van der Waals surface area (Å²) in [5.41, 5.74) is 3.03. The molecule has 1 atom stereocenters. The van der Waals surface area contributed by atoms with E-state index in [2.05, 4.69) is 24.5 Å². The van der Waals surface area contributed by atoms with E-state index < -0.39 is 0 Å². The lowest BCUT2D eigenvalue weighted by Gasteiger charge is -2.19. The van der Waals surface area contributed by atoms with E-state index in [1.54, 1.807) is 12.1 Å². The van der Waals surface area contributed by atoms with Gasteiger partial charge in [-0.25, -0.2) is 9.37 Å². The molecule has 4 rings (SSSR count). The number of hydrogen-bond donors (Lipinski definition) is 0. The number of nitrogens with zero attached hydrogens (tertiary/aromatic N) is 3. The number of rotatable bonds is 4. The minimum absolute atomic E-state index is 0.0812. The lowest BCUT2D eigenvalue weighted by Crippen LogP contribution is -2.24. The normalized spacial score (nSPS) is 17.6. The van der Waals surface area contributed by atoms with Crippen molar-refractivity contribution in [1.29, 1.82) is 0 Å². The number of likely N-dealkylation sites (tertiary alicyclic amines) is 1. The molecule has 1 unspecified atom stereocenters. The van der Waals surface area contributed by atoms with Crippen molar-refractivity contribution < 1.29 is 9.18 Å². The number of imidazole rings is 1. The molecule has 1 saturated heterocycles. The van der Waals surface area contributed by atoms with Gasteiger partial charge in [0, 0.05) is 31.5 Å². The molecule has 0 aliphatic carbocycles. The van der Waals surface area contributed by atoms with Crippen molar-refractivity contribution in [1.82, 2.24) is 14.5 Å². The van der Waals surface area contributed by atoms with Gasteiger partial charge in [-0.1, -0.05) is 24.3 Å². The molecule has 0 radical (unpaired) electrons. The summed E-state index contributed by atoms with van der Waals surface area (Å²) < 4.78 is 15.3. The summed E-state index contributed by atoms with van der Waals surface area (Å²) in [5.74, 6) is 0.931. The van der Waals surface area contributed by atoms with E-state index >= 15 is 0 Å². The van der Waals surface area contributed by atoms with Gasteiger partial charge in [0.05, 0.1) is 11.0 Å². The third-order valence-corrected chi connectivity index (χ3v) is 5.01. The number of hydrogen-bond acceptors (Lipinski definition) is 2. The summed E-state index contributed by atoms with van der Waals surface area (Å²) >= 11 is 0. The van der Waals surface area contributed by atoms with E-state index in [9.17, 15) is 9.18 Å². The molecule has 2 heterocycles. The molecular formula is C21H22FN3O. The minimum Gasteiger partial charge on any atom is -0.338 e. The van der Waals surface area contributed by atoms with Gasteiger partial charge in [0.2, 0.25) is 5.91 Å². The lowest BCUT2D eigenvalue weighted by atomic mass is 10.1. The summed E-state index contributed by atoms with van der Waals surface area (Å²) in [6.45, 7) is 5.44. The second kappa shape index (κ2) is 6.56. The third kappa shape index (κ3) is 2.98. The Morgan fingerprint density at radius 2 is 1.88 bits per heavy atom. The van der Waals surface area contributed by atoms with Crippen molar-refractivity contribution in [3.8, 4) is 0 Å². The SMILES string of the molecule is CC(C)n1c(C2CC(=O)N(Cc3ccc(F)cc3)C2)nc2ccccc21. The third-order valence-electron chi connectivity index (χ3n) is 5.01. The largest absolute Gasteiger partial charge is 0.338 e. The second-order valence-electron chi connectivity index (χ2n) is 7.22. The molecule has 2 aromatic carbocycles. The number of amides is 1. The molecule has 0 spiro atoms. The number of fused-ring (bicyclic) bond motifs is 1. The molecule has 134 valence electrons. The fourth-order valence-corrected chi connectivity index (χ4v) is 3.80. The molecule has 0 bridgehead atoms. The van der Waals surface area contributed by atoms with E-state index in [1.807, 2.05) is 23.1 Å². The van der Waals surface area contributed by atoms with Gasteiger partial charge in [0.25, 0.3) is 0 Å². The number of aromatic nitrogens is 2. The quantitative estimate of drug-likeness (QED) is 0.704. The van der Waals surface area contributed by atoms with Crippen LogP contribution in [0.25, 0.3) is 11.0 Å². The Morgan fingerprint density at radius 3 is 2.62 bits per heavy atom. The van der Waals surface area contributed by atoms with Crippen molar-refractivity contribution in [2.45, 2.75) is 38.8 Å². The minimum atomic E-state index is -0.259. The van der Waals surface area contributed by atoms with Gasteiger partial charge in [-0.15, -0.1) is 0 Å². The highest BCUT2D eigenvalue weighted by molar-refractivity contribution is 5.81. The van der Waals surface area contributed by atoms with Crippen LogP contribution >= 0.6 is 0 Å². The Kier molecular flexibility index (Phi) is 4.23. The van der Waals surface area contributed by atoms with Crippen molar-refractivity contribution in [2.24, 2.45) is 0 Å². The Balaban J connectivity index is 1.61. The highest BCUT2D eigenvalue weighted by atomic mass is 19.1. The van der Waals surface area contributed by atoms with Gasteiger partial charge in [0.1, 0.15) is 11.6 Å². The fraction of sp³-hybridized carbons (Fsp3) is 0.333. The fourth-order valence-electron chi connectivity index (χ4n) is 3.80. The predicted octanol–water partition coefficient (Wildman–Crippen LogP) is 4.27. The van der Waals surface area contributed by atoms with Crippen LogP contribution in [0.5, 0.6) is 0 Å². The highest BCUT2D eigenvalue weighted by Gasteiger charge is 2.34. The second-order valence-corrected chi connectivity index (χ2v) is 7.22. The molecule has 1 fully saturated rings. The van der Waals surface area contributed by atoms with Crippen LogP contribution in [0.1, 0.15) is 43.6 Å². The van der Waals surface area contributed by atoms with Gasteiger partial charge in [-0.2, -0.15) is 0 Å². The van der Waals surface area contributed by atoms with E-state index in [-0.39, 0.29) is 23.7 Å². The standard InChI is InChI=1S/C21H22FN3O/c1-14(2)25-19-6-4-3-5-18(19)23-21(25)16-11-20(26)24(13-16)12-15-7-9-17(22)10-8-15/h3-10,14,16H,11-13H2,1-2H3. The molecule has 1 amide bonds. The van der Waals surface area contributed by atoms with Crippen LogP contribution in [0.3, 0.4) is 0 Å². The molecule has 5 heteroatoms. The van der Waals surface area contributed by atoms with E-state index in [1.165, 1.54) is 12.1 Å². The molecule has 1 aliphatic heterocycles. The zero-order chi connectivity index (χ0) is 18.3. The monoisotopic (exact) mass is 351 g/mol. The molecule has 3 aromatic rings. The van der Waals surface area contributed by atoms with Crippen molar-refractivity contribution in [2.75, 3.05) is 6.54 Å². The highest BCUT2D eigenvalue weighted by Crippen LogP contribution is 2.33. The van der Waals surface area contributed by atoms with E-state index in [4.69, 9.17) is 4.98 Å². The van der Waals surface area contributed by atoms with Crippen LogP contribution in [-0.4, -0.2) is 26.9 Å². The van der Waals surface area contributed by atoms with Gasteiger partial charge in [0.15, 0.2) is 0 Å². The van der Waals surface area contributed by atoms with Crippen LogP contribution in [0.15, 0.2) is 48.5 Å². The summed E-state index contributed by atoms with van der Waals surface area (Å²) in [7, 11) is 0.